The Morgan fingerprint density at radius 2 is 2.05 bits per heavy atom. The van der Waals surface area contributed by atoms with Crippen molar-refractivity contribution in [3.8, 4) is 0 Å². The molecule has 1 saturated heterocycles. The summed E-state index contributed by atoms with van der Waals surface area (Å²) in [7, 11) is 0. The van der Waals surface area contributed by atoms with Crippen molar-refractivity contribution in [2.24, 2.45) is 0 Å². The molecule has 22 heavy (non-hydrogen) atoms. The highest BCUT2D eigenvalue weighted by Crippen LogP contribution is 2.33. The number of hydrogen-bond acceptors (Lipinski definition) is 2. The SMILES string of the molecule is Cc1cc(=S)[nH]cc1C1CCCCN1C(=O)c1ccccc1. The second kappa shape index (κ2) is 6.44. The molecule has 3 nitrogen and oxygen atoms in total. The Morgan fingerprint density at radius 3 is 2.77 bits per heavy atom. The summed E-state index contributed by atoms with van der Waals surface area (Å²) in [6.07, 6.45) is 5.19. The lowest BCUT2D eigenvalue weighted by atomic mass is 9.93. The number of nitrogens with one attached hydrogen (secondary N) is 1. The van der Waals surface area contributed by atoms with E-state index in [-0.39, 0.29) is 11.9 Å². The van der Waals surface area contributed by atoms with E-state index in [1.54, 1.807) is 0 Å². The molecule has 0 bridgehead atoms. The van der Waals surface area contributed by atoms with Crippen molar-refractivity contribution >= 4 is 18.1 Å². The van der Waals surface area contributed by atoms with Crippen molar-refractivity contribution in [3.05, 3.63) is 63.9 Å². The highest BCUT2D eigenvalue weighted by atomic mass is 32.1. The van der Waals surface area contributed by atoms with Crippen LogP contribution >= 0.6 is 12.2 Å². The average Bonchev–Trinajstić information content (AvgIpc) is 2.55. The number of hydrogen-bond donors (Lipinski definition) is 1. The number of carbonyl (C=O) groups is 1. The van der Waals surface area contributed by atoms with Gasteiger partial charge in [-0.1, -0.05) is 30.4 Å². The lowest BCUT2D eigenvalue weighted by Gasteiger charge is -2.36. The summed E-state index contributed by atoms with van der Waals surface area (Å²) in [4.78, 5) is 18.0. The summed E-state index contributed by atoms with van der Waals surface area (Å²) >= 11 is 5.18. The highest BCUT2D eigenvalue weighted by molar-refractivity contribution is 7.71. The zero-order valence-corrected chi connectivity index (χ0v) is 13.5. The molecule has 1 atom stereocenters. The molecule has 1 unspecified atom stereocenters. The smallest absolute Gasteiger partial charge is 0.254 e. The monoisotopic (exact) mass is 312 g/mol. The Bertz CT molecular complexity index is 723. The van der Waals surface area contributed by atoms with Crippen molar-refractivity contribution in [2.45, 2.75) is 32.2 Å². The average molecular weight is 312 g/mol. The van der Waals surface area contributed by atoms with Gasteiger partial charge in [-0.15, -0.1) is 0 Å². The molecule has 0 spiro atoms. The Kier molecular flexibility index (Phi) is 4.39. The lowest BCUT2D eigenvalue weighted by Crippen LogP contribution is -2.38. The summed E-state index contributed by atoms with van der Waals surface area (Å²) in [5.74, 6) is 0.118. The van der Waals surface area contributed by atoms with Gasteiger partial charge < -0.3 is 9.88 Å². The lowest BCUT2D eigenvalue weighted by molar-refractivity contribution is 0.0610. The molecule has 1 aromatic carbocycles. The molecular weight excluding hydrogens is 292 g/mol. The first-order chi connectivity index (χ1) is 10.7. The van der Waals surface area contributed by atoms with Crippen LogP contribution in [-0.4, -0.2) is 22.3 Å². The van der Waals surface area contributed by atoms with Gasteiger partial charge in [-0.3, -0.25) is 4.79 Å². The maximum absolute atomic E-state index is 12.9. The second-order valence-corrected chi connectivity index (χ2v) is 6.25. The number of pyridine rings is 1. The molecule has 0 radical (unpaired) electrons. The van der Waals surface area contributed by atoms with Gasteiger partial charge in [0.1, 0.15) is 4.64 Å². The molecule has 3 rings (SSSR count). The van der Waals surface area contributed by atoms with Gasteiger partial charge in [-0.2, -0.15) is 0 Å². The van der Waals surface area contributed by atoms with Crippen molar-refractivity contribution in [1.82, 2.24) is 9.88 Å². The van der Waals surface area contributed by atoms with Gasteiger partial charge in [0.2, 0.25) is 0 Å². The van der Waals surface area contributed by atoms with Crippen LogP contribution in [0.5, 0.6) is 0 Å². The van der Waals surface area contributed by atoms with Crippen LogP contribution < -0.4 is 0 Å². The fourth-order valence-electron chi connectivity index (χ4n) is 3.19. The van der Waals surface area contributed by atoms with E-state index in [1.165, 1.54) is 5.56 Å². The van der Waals surface area contributed by atoms with Crippen molar-refractivity contribution < 1.29 is 4.79 Å². The third-order valence-electron chi connectivity index (χ3n) is 4.32. The van der Waals surface area contributed by atoms with E-state index < -0.39 is 0 Å². The van der Waals surface area contributed by atoms with Crippen molar-refractivity contribution in [1.29, 1.82) is 0 Å². The Labute approximate surface area is 136 Å². The van der Waals surface area contributed by atoms with E-state index in [9.17, 15) is 4.79 Å². The normalized spacial score (nSPS) is 18.2. The van der Waals surface area contributed by atoms with Gasteiger partial charge in [-0.25, -0.2) is 0 Å². The van der Waals surface area contributed by atoms with Crippen LogP contribution in [0.2, 0.25) is 0 Å². The predicted molar refractivity (Wildman–Crippen MR) is 90.4 cm³/mol. The van der Waals surface area contributed by atoms with Crippen LogP contribution in [-0.2, 0) is 0 Å². The third kappa shape index (κ3) is 2.97. The molecule has 2 aromatic rings. The summed E-state index contributed by atoms with van der Waals surface area (Å²) in [5.41, 5.74) is 3.09. The summed E-state index contributed by atoms with van der Waals surface area (Å²) in [5, 5.41) is 0. The molecule has 1 aromatic heterocycles. The number of piperidine rings is 1. The van der Waals surface area contributed by atoms with E-state index in [0.717, 1.165) is 41.6 Å². The first kappa shape index (κ1) is 15.0. The molecule has 1 aliphatic heterocycles. The number of aromatic amines is 1. The van der Waals surface area contributed by atoms with Crippen molar-refractivity contribution in [2.75, 3.05) is 6.54 Å². The second-order valence-electron chi connectivity index (χ2n) is 5.81. The van der Waals surface area contributed by atoms with Gasteiger partial charge in [-0.05, 0) is 55.5 Å². The van der Waals surface area contributed by atoms with Gasteiger partial charge in [0.15, 0.2) is 0 Å². The van der Waals surface area contributed by atoms with Crippen molar-refractivity contribution in [3.63, 3.8) is 0 Å². The van der Waals surface area contributed by atoms with Crippen LogP contribution in [0.4, 0.5) is 0 Å². The molecular formula is C18H20N2OS. The number of aromatic nitrogens is 1. The molecule has 4 heteroatoms. The maximum Gasteiger partial charge on any atom is 0.254 e. The quantitative estimate of drug-likeness (QED) is 0.833. The Morgan fingerprint density at radius 1 is 1.27 bits per heavy atom. The molecule has 0 saturated carbocycles. The molecule has 1 amide bonds. The number of likely N-dealkylation sites (tertiary alicyclic amines) is 1. The van der Waals surface area contributed by atoms with E-state index in [0.29, 0.717) is 0 Å². The van der Waals surface area contributed by atoms with E-state index in [4.69, 9.17) is 12.2 Å². The summed E-state index contributed by atoms with van der Waals surface area (Å²) < 4.78 is 0.734. The molecule has 1 N–H and O–H groups in total. The van der Waals surface area contributed by atoms with Crippen LogP contribution in [0.3, 0.4) is 0 Å². The number of carbonyl (C=O) groups excluding carboxylic acids is 1. The van der Waals surface area contributed by atoms with Crippen LogP contribution in [0.25, 0.3) is 0 Å². The molecule has 0 aliphatic carbocycles. The molecule has 2 heterocycles. The molecule has 114 valence electrons. The van der Waals surface area contributed by atoms with Gasteiger partial charge >= 0.3 is 0 Å². The highest BCUT2D eigenvalue weighted by Gasteiger charge is 2.29. The number of aryl methyl sites for hydroxylation is 1. The standard InChI is InChI=1S/C18H20N2OS/c1-13-11-17(22)19-12-15(13)16-9-5-6-10-20(16)18(21)14-7-3-2-4-8-14/h2-4,7-8,11-12,16H,5-6,9-10H2,1H3,(H,19,22). The van der Waals surface area contributed by atoms with Gasteiger partial charge in [0.25, 0.3) is 5.91 Å². The van der Waals surface area contributed by atoms with Crippen LogP contribution in [0.15, 0.2) is 42.6 Å². The van der Waals surface area contributed by atoms with E-state index in [2.05, 4.69) is 11.9 Å². The topological polar surface area (TPSA) is 36.1 Å². The molecule has 1 aliphatic rings. The van der Waals surface area contributed by atoms with Gasteiger partial charge in [0.05, 0.1) is 6.04 Å². The van der Waals surface area contributed by atoms with Crippen LogP contribution in [0.1, 0.15) is 46.8 Å². The third-order valence-corrected chi connectivity index (χ3v) is 4.55. The Hall–Kier alpha value is -1.94. The Balaban J connectivity index is 1.94. The fourth-order valence-corrected chi connectivity index (χ4v) is 3.42. The summed E-state index contributed by atoms with van der Waals surface area (Å²) in [6, 6.07) is 11.6. The number of H-pyrrole nitrogens is 1. The first-order valence-electron chi connectivity index (χ1n) is 7.72. The van der Waals surface area contributed by atoms with Gasteiger partial charge in [0, 0.05) is 18.3 Å². The minimum atomic E-state index is 0.118. The zero-order chi connectivity index (χ0) is 15.5. The number of rotatable bonds is 2. The summed E-state index contributed by atoms with van der Waals surface area (Å²) in [6.45, 7) is 2.88. The fraction of sp³-hybridized carbons (Fsp3) is 0.333. The minimum absolute atomic E-state index is 0.118. The number of benzene rings is 1. The minimum Gasteiger partial charge on any atom is -0.353 e. The first-order valence-corrected chi connectivity index (χ1v) is 8.13. The number of nitrogens with zero attached hydrogens (tertiary/aromatic N) is 1. The van der Waals surface area contributed by atoms with Crippen LogP contribution in [0, 0.1) is 11.6 Å². The van der Waals surface area contributed by atoms with E-state index in [1.807, 2.05) is 47.5 Å². The predicted octanol–water partition coefficient (Wildman–Crippen LogP) is 4.42. The largest absolute Gasteiger partial charge is 0.353 e. The van der Waals surface area contributed by atoms with E-state index >= 15 is 0 Å². The maximum atomic E-state index is 12.9. The number of amides is 1. The molecule has 1 fully saturated rings. The zero-order valence-electron chi connectivity index (χ0n) is 12.7.